The van der Waals surface area contributed by atoms with Gasteiger partial charge in [-0.25, -0.2) is 0 Å². The van der Waals surface area contributed by atoms with Gasteiger partial charge in [0.25, 0.3) is 5.56 Å². The number of ether oxygens (including phenoxy) is 1. The van der Waals surface area contributed by atoms with Crippen molar-refractivity contribution in [2.45, 2.75) is 19.3 Å². The number of alkyl halides is 3. The van der Waals surface area contributed by atoms with Crippen molar-refractivity contribution in [2.75, 3.05) is 11.9 Å². The molecule has 1 N–H and O–H groups in total. The Morgan fingerprint density at radius 1 is 1.03 bits per heavy atom. The van der Waals surface area contributed by atoms with Gasteiger partial charge in [-0.1, -0.05) is 54.1 Å². The molecule has 0 amide bonds. The first-order chi connectivity index (χ1) is 13.8. The topological polar surface area (TPSA) is 56.1 Å². The quantitative estimate of drug-likeness (QED) is 0.604. The molecule has 29 heavy (non-hydrogen) atoms. The van der Waals surface area contributed by atoms with Crippen molar-refractivity contribution in [3.8, 4) is 5.69 Å². The first-order valence-electron chi connectivity index (χ1n) is 8.63. The standard InChI is InChI=1S/C20H17ClF3N3O2/c21-18-17(11-26-27(19(18)28)16-4-2-1-3-5-16)25-10-14-6-8-15(9-7-14)12-29-13-20(22,23)24/h1-9,11,25H,10,12-13H2. The molecular weight excluding hydrogens is 407 g/mol. The zero-order valence-electron chi connectivity index (χ0n) is 15.1. The molecule has 3 aromatic rings. The maximum Gasteiger partial charge on any atom is 0.411 e. The van der Waals surface area contributed by atoms with E-state index in [1.807, 2.05) is 6.07 Å². The van der Waals surface area contributed by atoms with Crippen LogP contribution in [0.25, 0.3) is 5.69 Å². The Morgan fingerprint density at radius 3 is 2.34 bits per heavy atom. The second kappa shape index (κ2) is 9.11. The number of hydrogen-bond acceptors (Lipinski definition) is 4. The van der Waals surface area contributed by atoms with E-state index in [0.717, 1.165) is 5.56 Å². The number of nitrogens with zero attached hydrogens (tertiary/aromatic N) is 2. The van der Waals surface area contributed by atoms with Crippen LogP contribution in [0.15, 0.2) is 65.6 Å². The predicted molar refractivity (Wildman–Crippen MR) is 104 cm³/mol. The van der Waals surface area contributed by atoms with E-state index in [0.29, 0.717) is 23.5 Å². The van der Waals surface area contributed by atoms with Crippen LogP contribution in [0.4, 0.5) is 18.9 Å². The molecule has 0 saturated heterocycles. The summed E-state index contributed by atoms with van der Waals surface area (Å²) in [6.07, 6.45) is -2.87. The molecule has 0 spiro atoms. The van der Waals surface area contributed by atoms with Gasteiger partial charge in [-0.15, -0.1) is 0 Å². The van der Waals surface area contributed by atoms with Crippen molar-refractivity contribution in [1.29, 1.82) is 0 Å². The predicted octanol–water partition coefficient (Wildman–Crippen LogP) is 4.58. The lowest BCUT2D eigenvalue weighted by Gasteiger charge is -2.11. The van der Waals surface area contributed by atoms with Crippen molar-refractivity contribution in [2.24, 2.45) is 0 Å². The molecule has 1 heterocycles. The minimum atomic E-state index is -4.34. The van der Waals surface area contributed by atoms with Gasteiger partial charge in [0.15, 0.2) is 0 Å². The molecule has 0 bridgehead atoms. The number of nitrogens with one attached hydrogen (secondary N) is 1. The highest BCUT2D eigenvalue weighted by Gasteiger charge is 2.27. The Kier molecular flexibility index (Phi) is 6.56. The number of aromatic nitrogens is 2. The molecule has 9 heteroatoms. The summed E-state index contributed by atoms with van der Waals surface area (Å²) >= 11 is 6.19. The van der Waals surface area contributed by atoms with E-state index in [4.69, 9.17) is 11.6 Å². The van der Waals surface area contributed by atoms with Crippen molar-refractivity contribution in [1.82, 2.24) is 9.78 Å². The molecule has 0 atom stereocenters. The average molecular weight is 424 g/mol. The molecule has 0 aliphatic carbocycles. The summed E-state index contributed by atoms with van der Waals surface area (Å²) in [4.78, 5) is 12.5. The van der Waals surface area contributed by atoms with Gasteiger partial charge in [0.05, 0.1) is 24.2 Å². The average Bonchev–Trinajstić information content (AvgIpc) is 2.70. The number of anilines is 1. The SMILES string of the molecule is O=c1c(Cl)c(NCc2ccc(COCC(F)(F)F)cc2)cnn1-c1ccccc1. The first kappa shape index (κ1) is 20.9. The van der Waals surface area contributed by atoms with E-state index in [1.165, 1.54) is 10.9 Å². The Balaban J connectivity index is 1.61. The van der Waals surface area contributed by atoms with Crippen LogP contribution in [0.5, 0.6) is 0 Å². The van der Waals surface area contributed by atoms with E-state index >= 15 is 0 Å². The molecule has 152 valence electrons. The number of para-hydroxylation sites is 1. The third-order valence-electron chi connectivity index (χ3n) is 3.96. The van der Waals surface area contributed by atoms with Gasteiger partial charge < -0.3 is 10.1 Å². The lowest BCUT2D eigenvalue weighted by molar-refractivity contribution is -0.176. The summed E-state index contributed by atoms with van der Waals surface area (Å²) < 4.78 is 42.1. The second-order valence-corrected chi connectivity index (χ2v) is 6.58. The van der Waals surface area contributed by atoms with Gasteiger partial charge in [-0.2, -0.15) is 23.0 Å². The van der Waals surface area contributed by atoms with Crippen molar-refractivity contribution < 1.29 is 17.9 Å². The number of halogens is 4. The number of hydrogen-bond donors (Lipinski definition) is 1. The molecule has 0 unspecified atom stereocenters. The molecule has 0 saturated carbocycles. The smallest absolute Gasteiger partial charge is 0.378 e. The van der Waals surface area contributed by atoms with Crippen LogP contribution in [0, 0.1) is 0 Å². The fourth-order valence-corrected chi connectivity index (χ4v) is 2.74. The van der Waals surface area contributed by atoms with Crippen molar-refractivity contribution in [3.05, 3.63) is 87.3 Å². The molecule has 0 aliphatic rings. The van der Waals surface area contributed by atoms with Gasteiger partial charge in [0, 0.05) is 6.54 Å². The highest BCUT2D eigenvalue weighted by atomic mass is 35.5. The second-order valence-electron chi connectivity index (χ2n) is 6.20. The van der Waals surface area contributed by atoms with Gasteiger partial charge in [-0.05, 0) is 23.3 Å². The van der Waals surface area contributed by atoms with Gasteiger partial charge in [-0.3, -0.25) is 4.79 Å². The molecule has 1 aromatic heterocycles. The summed E-state index contributed by atoms with van der Waals surface area (Å²) in [5.74, 6) is 0. The zero-order valence-corrected chi connectivity index (χ0v) is 15.9. The van der Waals surface area contributed by atoms with Gasteiger partial charge in [0.1, 0.15) is 11.6 Å². The lowest BCUT2D eigenvalue weighted by atomic mass is 10.1. The Bertz CT molecular complexity index is 1010. The summed E-state index contributed by atoms with van der Waals surface area (Å²) in [6.45, 7) is -1.04. The molecular formula is C20H17ClF3N3O2. The lowest BCUT2D eigenvalue weighted by Crippen LogP contribution is -2.22. The Morgan fingerprint density at radius 2 is 1.69 bits per heavy atom. The molecule has 0 radical (unpaired) electrons. The van der Waals surface area contributed by atoms with E-state index in [9.17, 15) is 18.0 Å². The minimum absolute atomic E-state index is 0.0148. The van der Waals surface area contributed by atoms with Crippen LogP contribution < -0.4 is 10.9 Å². The third kappa shape index (κ3) is 5.82. The monoisotopic (exact) mass is 423 g/mol. The normalized spacial score (nSPS) is 11.4. The summed E-state index contributed by atoms with van der Waals surface area (Å²) in [6, 6.07) is 15.8. The Labute approximate surface area is 169 Å². The molecule has 0 aliphatic heterocycles. The van der Waals surface area contributed by atoms with Crippen LogP contribution in [-0.2, 0) is 17.9 Å². The largest absolute Gasteiger partial charge is 0.411 e. The fourth-order valence-electron chi connectivity index (χ4n) is 2.54. The molecule has 0 fully saturated rings. The van der Waals surface area contributed by atoms with Crippen molar-refractivity contribution >= 4 is 17.3 Å². The number of benzene rings is 2. The first-order valence-corrected chi connectivity index (χ1v) is 9.01. The van der Waals surface area contributed by atoms with E-state index in [1.54, 1.807) is 48.5 Å². The van der Waals surface area contributed by atoms with Crippen LogP contribution >= 0.6 is 11.6 Å². The van der Waals surface area contributed by atoms with E-state index < -0.39 is 18.3 Å². The fraction of sp³-hybridized carbons (Fsp3) is 0.200. The maximum atomic E-state index is 12.5. The van der Waals surface area contributed by atoms with E-state index in [2.05, 4.69) is 15.2 Å². The maximum absolute atomic E-state index is 12.5. The summed E-state index contributed by atoms with van der Waals surface area (Å²) in [5.41, 5.74) is 2.03. The third-order valence-corrected chi connectivity index (χ3v) is 4.33. The molecule has 3 rings (SSSR count). The highest BCUT2D eigenvalue weighted by Crippen LogP contribution is 2.19. The summed E-state index contributed by atoms with van der Waals surface area (Å²) in [7, 11) is 0. The summed E-state index contributed by atoms with van der Waals surface area (Å²) in [5, 5.41) is 7.20. The van der Waals surface area contributed by atoms with Crippen LogP contribution in [-0.4, -0.2) is 22.6 Å². The highest BCUT2D eigenvalue weighted by molar-refractivity contribution is 6.32. The molecule has 2 aromatic carbocycles. The van der Waals surface area contributed by atoms with Crippen LogP contribution in [0.1, 0.15) is 11.1 Å². The number of rotatable bonds is 7. The van der Waals surface area contributed by atoms with E-state index in [-0.39, 0.29) is 11.6 Å². The van der Waals surface area contributed by atoms with Crippen LogP contribution in [0.2, 0.25) is 5.02 Å². The van der Waals surface area contributed by atoms with Gasteiger partial charge in [0.2, 0.25) is 0 Å². The van der Waals surface area contributed by atoms with Crippen LogP contribution in [0.3, 0.4) is 0 Å². The zero-order chi connectivity index (χ0) is 20.9. The Hall–Kier alpha value is -2.84. The van der Waals surface area contributed by atoms with Gasteiger partial charge >= 0.3 is 6.18 Å². The van der Waals surface area contributed by atoms with Crippen molar-refractivity contribution in [3.63, 3.8) is 0 Å². The minimum Gasteiger partial charge on any atom is -0.378 e. The molecule has 5 nitrogen and oxygen atoms in total.